The fourth-order valence-electron chi connectivity index (χ4n) is 1.84. The molecule has 0 saturated carbocycles. The third kappa shape index (κ3) is 2.77. The molecule has 2 N–H and O–H groups in total. The maximum Gasteiger partial charge on any atom is 0.135 e. The van der Waals surface area contributed by atoms with Gasteiger partial charge in [-0.2, -0.15) is 0 Å². The SMILES string of the molecule is CCNc1cc(Nc2c(C)cccc2C)ncn1. The molecule has 0 aliphatic heterocycles. The fourth-order valence-corrected chi connectivity index (χ4v) is 1.84. The molecule has 1 aromatic heterocycles. The van der Waals surface area contributed by atoms with Gasteiger partial charge in [-0.05, 0) is 31.9 Å². The lowest BCUT2D eigenvalue weighted by Crippen LogP contribution is -2.02. The Morgan fingerprint density at radius 1 is 1.06 bits per heavy atom. The molecule has 0 saturated heterocycles. The minimum atomic E-state index is 0.804. The van der Waals surface area contributed by atoms with E-state index in [9.17, 15) is 0 Å². The molecule has 0 spiro atoms. The molecule has 0 fully saturated rings. The zero-order valence-electron chi connectivity index (χ0n) is 11.0. The Labute approximate surface area is 107 Å². The van der Waals surface area contributed by atoms with Gasteiger partial charge >= 0.3 is 0 Å². The van der Waals surface area contributed by atoms with E-state index in [1.165, 1.54) is 11.1 Å². The Morgan fingerprint density at radius 2 is 1.72 bits per heavy atom. The lowest BCUT2D eigenvalue weighted by Gasteiger charge is -2.12. The maximum absolute atomic E-state index is 4.24. The summed E-state index contributed by atoms with van der Waals surface area (Å²) < 4.78 is 0. The van der Waals surface area contributed by atoms with Crippen molar-refractivity contribution in [3.05, 3.63) is 41.7 Å². The van der Waals surface area contributed by atoms with Crippen LogP contribution in [0.4, 0.5) is 17.3 Å². The second-order valence-corrected chi connectivity index (χ2v) is 4.21. The number of nitrogens with zero attached hydrogens (tertiary/aromatic N) is 2. The van der Waals surface area contributed by atoms with Gasteiger partial charge < -0.3 is 10.6 Å². The van der Waals surface area contributed by atoms with Crippen LogP contribution in [0.3, 0.4) is 0 Å². The van der Waals surface area contributed by atoms with Crippen molar-refractivity contribution in [1.82, 2.24) is 9.97 Å². The number of hydrogen-bond acceptors (Lipinski definition) is 4. The second-order valence-electron chi connectivity index (χ2n) is 4.21. The summed E-state index contributed by atoms with van der Waals surface area (Å²) in [6, 6.07) is 8.14. The predicted molar refractivity (Wildman–Crippen MR) is 75.4 cm³/mol. The highest BCUT2D eigenvalue weighted by Crippen LogP contribution is 2.23. The topological polar surface area (TPSA) is 49.8 Å². The third-order valence-electron chi connectivity index (χ3n) is 2.76. The highest BCUT2D eigenvalue weighted by Gasteiger charge is 2.04. The van der Waals surface area contributed by atoms with E-state index in [1.54, 1.807) is 6.33 Å². The molecular weight excluding hydrogens is 224 g/mol. The number of aryl methyl sites for hydroxylation is 2. The van der Waals surface area contributed by atoms with Crippen molar-refractivity contribution >= 4 is 17.3 Å². The van der Waals surface area contributed by atoms with E-state index in [4.69, 9.17) is 0 Å². The van der Waals surface area contributed by atoms with Crippen LogP contribution in [0.2, 0.25) is 0 Å². The standard InChI is InChI=1S/C14H18N4/c1-4-15-12-8-13(17-9-16-12)18-14-10(2)6-5-7-11(14)3/h5-9H,4H2,1-3H3,(H2,15,16,17,18). The Kier molecular flexibility index (Phi) is 3.77. The molecule has 18 heavy (non-hydrogen) atoms. The van der Waals surface area contributed by atoms with Crippen LogP contribution in [0, 0.1) is 13.8 Å². The number of benzene rings is 1. The van der Waals surface area contributed by atoms with Gasteiger partial charge in [-0.25, -0.2) is 9.97 Å². The van der Waals surface area contributed by atoms with Gasteiger partial charge in [0, 0.05) is 18.3 Å². The van der Waals surface area contributed by atoms with Gasteiger partial charge in [0.1, 0.15) is 18.0 Å². The first-order valence-electron chi connectivity index (χ1n) is 6.10. The van der Waals surface area contributed by atoms with Crippen LogP contribution in [-0.2, 0) is 0 Å². The number of para-hydroxylation sites is 1. The maximum atomic E-state index is 4.24. The number of rotatable bonds is 4. The molecule has 2 rings (SSSR count). The van der Waals surface area contributed by atoms with Gasteiger partial charge in [-0.15, -0.1) is 0 Å². The number of aromatic nitrogens is 2. The monoisotopic (exact) mass is 242 g/mol. The summed E-state index contributed by atoms with van der Waals surface area (Å²) in [5.74, 6) is 1.64. The first-order chi connectivity index (χ1) is 8.70. The van der Waals surface area contributed by atoms with Gasteiger partial charge in [0.05, 0.1) is 0 Å². The molecule has 0 amide bonds. The van der Waals surface area contributed by atoms with E-state index in [2.05, 4.69) is 52.6 Å². The van der Waals surface area contributed by atoms with Gasteiger partial charge in [-0.3, -0.25) is 0 Å². The summed E-state index contributed by atoms with van der Waals surface area (Å²) in [4.78, 5) is 8.39. The first kappa shape index (κ1) is 12.4. The average molecular weight is 242 g/mol. The van der Waals surface area contributed by atoms with Crippen LogP contribution < -0.4 is 10.6 Å². The molecule has 4 heteroatoms. The van der Waals surface area contributed by atoms with Crippen LogP contribution >= 0.6 is 0 Å². The van der Waals surface area contributed by atoms with Gasteiger partial charge in [0.25, 0.3) is 0 Å². The third-order valence-corrected chi connectivity index (χ3v) is 2.76. The molecule has 4 nitrogen and oxygen atoms in total. The van der Waals surface area contributed by atoms with E-state index < -0.39 is 0 Å². The molecule has 2 aromatic rings. The van der Waals surface area contributed by atoms with E-state index in [0.29, 0.717) is 0 Å². The Morgan fingerprint density at radius 3 is 2.39 bits per heavy atom. The molecule has 0 aliphatic rings. The van der Waals surface area contributed by atoms with E-state index >= 15 is 0 Å². The summed E-state index contributed by atoms with van der Waals surface area (Å²) in [5, 5.41) is 6.52. The van der Waals surface area contributed by atoms with Gasteiger partial charge in [-0.1, -0.05) is 18.2 Å². The lowest BCUT2D eigenvalue weighted by atomic mass is 10.1. The second kappa shape index (κ2) is 5.49. The summed E-state index contributed by atoms with van der Waals surface area (Å²) in [5.41, 5.74) is 3.52. The van der Waals surface area contributed by atoms with Crippen molar-refractivity contribution in [3.8, 4) is 0 Å². The van der Waals surface area contributed by atoms with Crippen molar-refractivity contribution in [1.29, 1.82) is 0 Å². The summed E-state index contributed by atoms with van der Waals surface area (Å²) in [6.07, 6.45) is 1.56. The normalized spacial score (nSPS) is 10.2. The zero-order valence-corrected chi connectivity index (χ0v) is 11.0. The molecule has 0 unspecified atom stereocenters. The summed E-state index contributed by atoms with van der Waals surface area (Å²) >= 11 is 0. The van der Waals surface area contributed by atoms with Crippen LogP contribution in [0.1, 0.15) is 18.1 Å². The predicted octanol–water partition coefficient (Wildman–Crippen LogP) is 3.27. The fraction of sp³-hybridized carbons (Fsp3) is 0.286. The minimum Gasteiger partial charge on any atom is -0.370 e. The quantitative estimate of drug-likeness (QED) is 0.864. The van der Waals surface area contributed by atoms with Crippen LogP contribution in [0.15, 0.2) is 30.6 Å². The summed E-state index contributed by atoms with van der Waals surface area (Å²) in [7, 11) is 0. The van der Waals surface area contributed by atoms with Gasteiger partial charge in [0.15, 0.2) is 0 Å². The van der Waals surface area contributed by atoms with E-state index in [1.807, 2.05) is 13.0 Å². The smallest absolute Gasteiger partial charge is 0.135 e. The van der Waals surface area contributed by atoms with Crippen molar-refractivity contribution in [2.75, 3.05) is 17.2 Å². The number of hydrogen-bond donors (Lipinski definition) is 2. The molecule has 1 aromatic carbocycles. The Bertz CT molecular complexity index is 517. The molecule has 1 heterocycles. The highest BCUT2D eigenvalue weighted by atomic mass is 15.1. The Balaban J connectivity index is 2.26. The minimum absolute atomic E-state index is 0.804. The molecule has 0 atom stereocenters. The molecular formula is C14H18N4. The van der Waals surface area contributed by atoms with Crippen LogP contribution in [0.25, 0.3) is 0 Å². The van der Waals surface area contributed by atoms with Crippen molar-refractivity contribution in [2.24, 2.45) is 0 Å². The summed E-state index contributed by atoms with van der Waals surface area (Å²) in [6.45, 7) is 7.06. The van der Waals surface area contributed by atoms with E-state index in [-0.39, 0.29) is 0 Å². The Hall–Kier alpha value is -2.10. The van der Waals surface area contributed by atoms with Crippen LogP contribution in [-0.4, -0.2) is 16.5 Å². The lowest BCUT2D eigenvalue weighted by molar-refractivity contribution is 1.11. The zero-order chi connectivity index (χ0) is 13.0. The average Bonchev–Trinajstić information content (AvgIpc) is 2.35. The van der Waals surface area contributed by atoms with Crippen molar-refractivity contribution < 1.29 is 0 Å². The highest BCUT2D eigenvalue weighted by molar-refractivity contribution is 5.65. The first-order valence-corrected chi connectivity index (χ1v) is 6.10. The number of anilines is 3. The molecule has 0 radical (unpaired) electrons. The van der Waals surface area contributed by atoms with Crippen LogP contribution in [0.5, 0.6) is 0 Å². The molecule has 0 bridgehead atoms. The van der Waals surface area contributed by atoms with Gasteiger partial charge in [0.2, 0.25) is 0 Å². The van der Waals surface area contributed by atoms with Crippen molar-refractivity contribution in [2.45, 2.75) is 20.8 Å². The largest absolute Gasteiger partial charge is 0.370 e. The molecule has 94 valence electrons. The van der Waals surface area contributed by atoms with E-state index in [0.717, 1.165) is 23.9 Å². The van der Waals surface area contributed by atoms with Crippen molar-refractivity contribution in [3.63, 3.8) is 0 Å². The molecule has 0 aliphatic carbocycles. The number of nitrogens with one attached hydrogen (secondary N) is 2.